The topological polar surface area (TPSA) is 81.3 Å². The summed E-state index contributed by atoms with van der Waals surface area (Å²) < 4.78 is 5.77. The fraction of sp³-hybridized carbons (Fsp3) is 0.389. The quantitative estimate of drug-likeness (QED) is 0.803. The average Bonchev–Trinajstić information content (AvgIpc) is 2.64. The molecule has 0 aromatic carbocycles. The van der Waals surface area contributed by atoms with Crippen LogP contribution in [0.1, 0.15) is 18.4 Å². The van der Waals surface area contributed by atoms with Crippen molar-refractivity contribution in [2.45, 2.75) is 19.3 Å². The minimum atomic E-state index is -0.455. The van der Waals surface area contributed by atoms with Gasteiger partial charge in [0, 0.05) is 30.1 Å². The van der Waals surface area contributed by atoms with E-state index >= 15 is 0 Å². The summed E-state index contributed by atoms with van der Waals surface area (Å²) in [4.78, 5) is 21.8. The second-order valence-corrected chi connectivity index (χ2v) is 6.89. The Labute approximate surface area is 151 Å². The largest absolute Gasteiger partial charge is 0.492 e. The van der Waals surface area contributed by atoms with Gasteiger partial charge in [0.2, 0.25) is 0 Å². The number of fused-ring (bicyclic) bond motifs is 1. The molecule has 0 unspecified atom stereocenters. The highest BCUT2D eigenvalue weighted by atomic mass is 32.2. The van der Waals surface area contributed by atoms with E-state index in [0.717, 1.165) is 47.5 Å². The van der Waals surface area contributed by atoms with Crippen LogP contribution in [0.25, 0.3) is 11.1 Å². The van der Waals surface area contributed by atoms with Crippen LogP contribution >= 0.6 is 11.8 Å². The second-order valence-electron chi connectivity index (χ2n) is 5.90. The molecule has 0 saturated carbocycles. The Morgan fingerprint density at radius 1 is 1.32 bits per heavy atom. The van der Waals surface area contributed by atoms with Crippen LogP contribution in [0.15, 0.2) is 30.7 Å². The zero-order valence-corrected chi connectivity index (χ0v) is 15.1. The number of pyridine rings is 2. The van der Waals surface area contributed by atoms with Gasteiger partial charge >= 0.3 is 6.03 Å². The van der Waals surface area contributed by atoms with E-state index in [0.29, 0.717) is 19.0 Å². The number of primary amides is 1. The minimum absolute atomic E-state index is 0.455. The van der Waals surface area contributed by atoms with Crippen molar-refractivity contribution in [1.82, 2.24) is 9.97 Å². The van der Waals surface area contributed by atoms with Crippen molar-refractivity contribution in [2.75, 3.05) is 30.1 Å². The maximum atomic E-state index is 11.5. The number of hydrogen-bond donors (Lipinski definition) is 1. The van der Waals surface area contributed by atoms with Gasteiger partial charge in [0.1, 0.15) is 11.6 Å². The molecule has 3 rings (SSSR count). The molecule has 1 aliphatic heterocycles. The minimum Gasteiger partial charge on any atom is -0.492 e. The van der Waals surface area contributed by atoms with E-state index < -0.39 is 6.03 Å². The molecule has 0 atom stereocenters. The fourth-order valence-electron chi connectivity index (χ4n) is 2.89. The summed E-state index contributed by atoms with van der Waals surface area (Å²) in [6.07, 6.45) is 10.2. The summed E-state index contributed by atoms with van der Waals surface area (Å²) in [5.41, 5.74) is 8.39. The molecule has 0 radical (unpaired) electrons. The lowest BCUT2D eigenvalue weighted by Crippen LogP contribution is -2.40. The molecule has 2 aromatic rings. The standard InChI is InChI=1S/C18H22N4O2S/c1-25-7-3-6-24-16-9-15(10-20-12-16)14-8-13-4-2-5-22(18(19)23)17(13)21-11-14/h8-12H,2-7H2,1H3,(H2,19,23). The van der Waals surface area contributed by atoms with Gasteiger partial charge in [-0.15, -0.1) is 0 Å². The van der Waals surface area contributed by atoms with E-state index in [1.54, 1.807) is 18.6 Å². The number of thioether (sulfide) groups is 1. The van der Waals surface area contributed by atoms with Crippen LogP contribution in [0.4, 0.5) is 10.6 Å². The number of aromatic nitrogens is 2. The van der Waals surface area contributed by atoms with Gasteiger partial charge in [0.25, 0.3) is 0 Å². The molecule has 0 aliphatic carbocycles. The van der Waals surface area contributed by atoms with Crippen molar-refractivity contribution in [3.8, 4) is 16.9 Å². The number of carbonyl (C=O) groups excluding carboxylic acids is 1. The van der Waals surface area contributed by atoms with Crippen LogP contribution in [0, 0.1) is 0 Å². The Morgan fingerprint density at radius 2 is 2.16 bits per heavy atom. The molecule has 1 aliphatic rings. The normalized spacial score (nSPS) is 13.4. The van der Waals surface area contributed by atoms with Crippen molar-refractivity contribution >= 4 is 23.6 Å². The van der Waals surface area contributed by atoms with Crippen LogP contribution in [0.2, 0.25) is 0 Å². The first-order chi connectivity index (χ1) is 12.2. The van der Waals surface area contributed by atoms with E-state index in [1.807, 2.05) is 17.8 Å². The molecule has 2 N–H and O–H groups in total. The van der Waals surface area contributed by atoms with Crippen LogP contribution in [-0.4, -0.2) is 41.2 Å². The molecule has 2 amide bonds. The maximum Gasteiger partial charge on any atom is 0.320 e. The summed E-state index contributed by atoms with van der Waals surface area (Å²) in [6.45, 7) is 1.30. The third-order valence-electron chi connectivity index (χ3n) is 4.10. The smallest absolute Gasteiger partial charge is 0.320 e. The van der Waals surface area contributed by atoms with Crippen molar-refractivity contribution < 1.29 is 9.53 Å². The fourth-order valence-corrected chi connectivity index (χ4v) is 3.29. The Kier molecular flexibility index (Phi) is 5.75. The van der Waals surface area contributed by atoms with Crippen LogP contribution in [0.5, 0.6) is 5.75 Å². The molecule has 0 bridgehead atoms. The highest BCUT2D eigenvalue weighted by Crippen LogP contribution is 2.30. The van der Waals surface area contributed by atoms with E-state index in [4.69, 9.17) is 10.5 Å². The monoisotopic (exact) mass is 358 g/mol. The van der Waals surface area contributed by atoms with E-state index in [1.165, 1.54) is 4.90 Å². The first kappa shape index (κ1) is 17.5. The molecule has 25 heavy (non-hydrogen) atoms. The van der Waals surface area contributed by atoms with Crippen LogP contribution in [0.3, 0.4) is 0 Å². The number of hydrogen-bond acceptors (Lipinski definition) is 5. The zero-order chi connectivity index (χ0) is 17.6. The predicted molar refractivity (Wildman–Crippen MR) is 101 cm³/mol. The summed E-state index contributed by atoms with van der Waals surface area (Å²) in [7, 11) is 0. The molecule has 3 heterocycles. The number of anilines is 1. The van der Waals surface area contributed by atoms with Gasteiger partial charge in [0.15, 0.2) is 0 Å². The Bertz CT molecular complexity index is 754. The summed E-state index contributed by atoms with van der Waals surface area (Å²) in [5, 5.41) is 0. The number of rotatable bonds is 6. The van der Waals surface area contributed by atoms with Crippen molar-refractivity contribution in [3.63, 3.8) is 0 Å². The van der Waals surface area contributed by atoms with Gasteiger partial charge in [-0.2, -0.15) is 11.8 Å². The first-order valence-electron chi connectivity index (χ1n) is 8.32. The maximum absolute atomic E-state index is 11.5. The molecular formula is C18H22N4O2S. The molecule has 132 valence electrons. The van der Waals surface area contributed by atoms with Crippen LogP contribution in [-0.2, 0) is 6.42 Å². The summed E-state index contributed by atoms with van der Waals surface area (Å²) >= 11 is 1.81. The SMILES string of the molecule is CSCCCOc1cncc(-c2cnc3c(c2)CCCN3C(N)=O)c1. The first-order valence-corrected chi connectivity index (χ1v) is 9.71. The van der Waals surface area contributed by atoms with Gasteiger partial charge < -0.3 is 10.5 Å². The highest BCUT2D eigenvalue weighted by Gasteiger charge is 2.22. The van der Waals surface area contributed by atoms with E-state index in [-0.39, 0.29) is 0 Å². The van der Waals surface area contributed by atoms with Gasteiger partial charge in [0.05, 0.1) is 12.8 Å². The average molecular weight is 358 g/mol. The number of urea groups is 1. The third-order valence-corrected chi connectivity index (χ3v) is 4.80. The van der Waals surface area contributed by atoms with Crippen molar-refractivity contribution in [2.24, 2.45) is 5.73 Å². The molecule has 0 spiro atoms. The van der Waals surface area contributed by atoms with Crippen LogP contribution < -0.4 is 15.4 Å². The van der Waals surface area contributed by atoms with Gasteiger partial charge in [-0.25, -0.2) is 9.78 Å². The lowest BCUT2D eigenvalue weighted by atomic mass is 10.0. The molecule has 2 aromatic heterocycles. The summed E-state index contributed by atoms with van der Waals surface area (Å²) in [5.74, 6) is 2.51. The Balaban J connectivity index is 1.79. The zero-order valence-electron chi connectivity index (χ0n) is 14.3. The second kappa shape index (κ2) is 8.20. The van der Waals surface area contributed by atoms with Crippen molar-refractivity contribution in [1.29, 1.82) is 0 Å². The Hall–Kier alpha value is -2.28. The third kappa shape index (κ3) is 4.22. The van der Waals surface area contributed by atoms with Crippen molar-refractivity contribution in [3.05, 3.63) is 36.3 Å². The van der Waals surface area contributed by atoms with Gasteiger partial charge in [-0.1, -0.05) is 0 Å². The van der Waals surface area contributed by atoms with E-state index in [2.05, 4.69) is 22.3 Å². The molecule has 6 nitrogen and oxygen atoms in total. The number of nitrogens with zero attached hydrogens (tertiary/aromatic N) is 3. The number of nitrogens with two attached hydrogens (primary N) is 1. The Morgan fingerprint density at radius 3 is 2.96 bits per heavy atom. The van der Waals surface area contributed by atoms with Gasteiger partial charge in [-0.3, -0.25) is 9.88 Å². The molecule has 0 fully saturated rings. The molecule has 0 saturated heterocycles. The number of carbonyl (C=O) groups is 1. The number of aryl methyl sites for hydroxylation is 1. The predicted octanol–water partition coefficient (Wildman–Crippen LogP) is 3.11. The molecular weight excluding hydrogens is 336 g/mol. The molecule has 7 heteroatoms. The lowest BCUT2D eigenvalue weighted by molar-refractivity contribution is 0.253. The van der Waals surface area contributed by atoms with Gasteiger partial charge in [-0.05, 0) is 49.0 Å². The summed E-state index contributed by atoms with van der Waals surface area (Å²) in [6, 6.07) is 3.58. The highest BCUT2D eigenvalue weighted by molar-refractivity contribution is 7.98. The number of amides is 2. The van der Waals surface area contributed by atoms with E-state index in [9.17, 15) is 4.79 Å². The number of ether oxygens (including phenoxy) is 1. The lowest BCUT2D eigenvalue weighted by Gasteiger charge is -2.26.